The van der Waals surface area contributed by atoms with Crippen molar-refractivity contribution < 1.29 is 35.6 Å². The smallest absolute Gasteiger partial charge is 0.297 e. The van der Waals surface area contributed by atoms with Crippen molar-refractivity contribution in [1.82, 2.24) is 0 Å². The molecule has 2 aliphatic rings. The van der Waals surface area contributed by atoms with Crippen molar-refractivity contribution in [2.24, 2.45) is 0 Å². The summed E-state index contributed by atoms with van der Waals surface area (Å²) in [7, 11) is -7.59. The fourth-order valence-corrected chi connectivity index (χ4v) is 6.84. The summed E-state index contributed by atoms with van der Waals surface area (Å²) in [6.07, 6.45) is 2.57. The Morgan fingerprint density at radius 1 is 0.750 bits per heavy atom. The first-order valence-corrected chi connectivity index (χ1v) is 17.0. The number of aliphatic hydroxyl groups excluding tert-OH is 1. The lowest BCUT2D eigenvalue weighted by Crippen LogP contribution is -2.29. The van der Waals surface area contributed by atoms with Gasteiger partial charge in [-0.25, -0.2) is 8.42 Å². The zero-order valence-corrected chi connectivity index (χ0v) is 25.5. The quantitative estimate of drug-likeness (QED) is 0.186. The van der Waals surface area contributed by atoms with E-state index in [-0.39, 0.29) is 29.1 Å². The minimum Gasteiger partial charge on any atom is -0.488 e. The summed E-state index contributed by atoms with van der Waals surface area (Å²) in [6, 6.07) is 26.8. The third-order valence-corrected chi connectivity index (χ3v) is 9.86. The molecule has 10 nitrogen and oxygen atoms in total. The van der Waals surface area contributed by atoms with Gasteiger partial charge in [0.15, 0.2) is 0 Å². The number of nitrogens with two attached hydrogens (primary N) is 1. The van der Waals surface area contributed by atoms with Crippen LogP contribution in [0.2, 0.25) is 0 Å². The van der Waals surface area contributed by atoms with E-state index in [1.165, 1.54) is 29.8 Å². The van der Waals surface area contributed by atoms with E-state index in [1.807, 2.05) is 18.2 Å². The van der Waals surface area contributed by atoms with Crippen LogP contribution in [0.25, 0.3) is 0 Å². The third kappa shape index (κ3) is 7.88. The van der Waals surface area contributed by atoms with Crippen LogP contribution in [-0.2, 0) is 37.2 Å². The normalized spacial score (nSPS) is 17.5. The van der Waals surface area contributed by atoms with E-state index in [1.54, 1.807) is 54.6 Å². The zero-order chi connectivity index (χ0) is 31.2. The summed E-state index contributed by atoms with van der Waals surface area (Å²) in [5.41, 5.74) is 8.79. The first-order chi connectivity index (χ1) is 21.1. The predicted molar refractivity (Wildman–Crippen MR) is 167 cm³/mol. The molecule has 2 unspecified atom stereocenters. The summed E-state index contributed by atoms with van der Waals surface area (Å²) in [5, 5.41) is 8.93. The van der Waals surface area contributed by atoms with Crippen LogP contribution in [-0.4, -0.2) is 47.4 Å². The molecule has 4 N–H and O–H groups in total. The number of fused-ring (bicyclic) bond motifs is 2. The number of hydrogen-bond acceptors (Lipinski definition) is 9. The lowest BCUT2D eigenvalue weighted by molar-refractivity contribution is 0.0979. The van der Waals surface area contributed by atoms with Crippen molar-refractivity contribution in [3.8, 4) is 11.5 Å². The van der Waals surface area contributed by atoms with Crippen LogP contribution in [0.5, 0.6) is 11.5 Å². The summed E-state index contributed by atoms with van der Waals surface area (Å²) in [4.78, 5) is 0.245. The second-order valence-electron chi connectivity index (χ2n) is 10.4. The zero-order valence-electron chi connectivity index (χ0n) is 23.8. The minimum atomic E-state index is -3.87. The summed E-state index contributed by atoms with van der Waals surface area (Å²) in [6.45, 7) is -0.0507. The monoisotopic (exact) mass is 638 g/mol. The Kier molecular flexibility index (Phi) is 9.74. The largest absolute Gasteiger partial charge is 0.488 e. The van der Waals surface area contributed by atoms with E-state index in [2.05, 4.69) is 4.72 Å². The van der Waals surface area contributed by atoms with Gasteiger partial charge in [0, 0.05) is 17.8 Å². The third-order valence-electron chi connectivity index (χ3n) is 7.17. The molecular formula is C32H34N2O8S2. The second-order valence-corrected chi connectivity index (χ2v) is 13.7. The highest BCUT2D eigenvalue weighted by molar-refractivity contribution is 7.92. The Bertz CT molecular complexity index is 1780. The van der Waals surface area contributed by atoms with Gasteiger partial charge in [-0.3, -0.25) is 8.91 Å². The SMILES string of the molecule is Nc1ccc2c(c1)OC(CO)CC2.O=S(=O)(Nc1ccc2c(c1)OC(COS(=O)(=O)c1ccccc1)CC2)c1ccccc1. The van der Waals surface area contributed by atoms with Gasteiger partial charge < -0.3 is 20.3 Å². The molecule has 6 rings (SSSR count). The molecule has 12 heteroatoms. The maximum atomic E-state index is 12.5. The molecule has 0 fully saturated rings. The number of nitrogens with one attached hydrogen (secondary N) is 1. The molecule has 0 spiro atoms. The number of aryl methyl sites for hydroxylation is 2. The number of sulfonamides is 1. The van der Waals surface area contributed by atoms with Crippen LogP contribution in [0.3, 0.4) is 0 Å². The molecule has 0 saturated heterocycles. The fourth-order valence-electron chi connectivity index (χ4n) is 4.81. The number of hydrogen-bond donors (Lipinski definition) is 3. The number of rotatable bonds is 8. The number of ether oxygens (including phenoxy) is 2. The van der Waals surface area contributed by atoms with Gasteiger partial charge in [0.2, 0.25) is 0 Å². The Hall–Kier alpha value is -4.10. The molecule has 0 amide bonds. The van der Waals surface area contributed by atoms with Gasteiger partial charge >= 0.3 is 0 Å². The standard InChI is InChI=1S/C22H21NO6S2.C10H13NO2/c24-30(25,20-7-3-1-4-8-20)23-18-13-11-17-12-14-19(29-22(17)15-18)16-28-31(26,27)21-9-5-2-6-10-21;11-8-3-1-7-2-4-9(6-12)13-10(7)5-8/h1-11,13,15,19,23H,12,14,16H2;1,3,5,9,12H,2,4,6,11H2. The van der Waals surface area contributed by atoms with Crippen LogP contribution in [0.4, 0.5) is 11.4 Å². The predicted octanol–water partition coefficient (Wildman–Crippen LogP) is 4.54. The molecule has 0 saturated carbocycles. The number of nitrogen functional groups attached to an aromatic ring is 1. The van der Waals surface area contributed by atoms with E-state index in [4.69, 9.17) is 24.5 Å². The lowest BCUT2D eigenvalue weighted by atomic mass is 10.0. The van der Waals surface area contributed by atoms with Crippen molar-refractivity contribution in [1.29, 1.82) is 0 Å². The molecule has 2 atom stereocenters. The van der Waals surface area contributed by atoms with Gasteiger partial charge in [-0.05, 0) is 73.2 Å². The molecule has 0 radical (unpaired) electrons. The number of anilines is 2. The molecular weight excluding hydrogens is 604 g/mol. The number of benzene rings is 4. The maximum absolute atomic E-state index is 12.5. The van der Waals surface area contributed by atoms with E-state index in [0.717, 1.165) is 24.2 Å². The number of aliphatic hydroxyl groups is 1. The Morgan fingerprint density at radius 2 is 1.32 bits per heavy atom. The average molecular weight is 639 g/mol. The van der Waals surface area contributed by atoms with E-state index in [0.29, 0.717) is 30.0 Å². The fraction of sp³-hybridized carbons (Fsp3) is 0.250. The van der Waals surface area contributed by atoms with Crippen LogP contribution in [0, 0.1) is 0 Å². The Morgan fingerprint density at radius 3 is 1.98 bits per heavy atom. The van der Waals surface area contributed by atoms with Gasteiger partial charge in [-0.15, -0.1) is 0 Å². The van der Waals surface area contributed by atoms with Crippen LogP contribution in [0.1, 0.15) is 24.0 Å². The van der Waals surface area contributed by atoms with Crippen LogP contribution in [0.15, 0.2) is 107 Å². The molecule has 2 heterocycles. The van der Waals surface area contributed by atoms with E-state index >= 15 is 0 Å². The van der Waals surface area contributed by atoms with E-state index < -0.39 is 26.2 Å². The molecule has 0 bridgehead atoms. The highest BCUT2D eigenvalue weighted by Crippen LogP contribution is 2.32. The van der Waals surface area contributed by atoms with Gasteiger partial charge in [-0.1, -0.05) is 48.5 Å². The maximum Gasteiger partial charge on any atom is 0.297 e. The molecule has 2 aliphatic heterocycles. The van der Waals surface area contributed by atoms with Crippen molar-refractivity contribution in [3.05, 3.63) is 108 Å². The van der Waals surface area contributed by atoms with Gasteiger partial charge in [-0.2, -0.15) is 8.42 Å². The molecule has 0 aliphatic carbocycles. The van der Waals surface area contributed by atoms with Crippen molar-refractivity contribution in [2.75, 3.05) is 23.7 Å². The van der Waals surface area contributed by atoms with Crippen molar-refractivity contribution >= 4 is 31.5 Å². The summed E-state index contributed by atoms with van der Waals surface area (Å²) in [5.74, 6) is 1.33. The average Bonchev–Trinajstić information content (AvgIpc) is 3.04. The van der Waals surface area contributed by atoms with Crippen molar-refractivity contribution in [3.63, 3.8) is 0 Å². The highest BCUT2D eigenvalue weighted by atomic mass is 32.2. The van der Waals surface area contributed by atoms with Gasteiger partial charge in [0.1, 0.15) is 30.3 Å². The molecule has 232 valence electrons. The summed E-state index contributed by atoms with van der Waals surface area (Å²) < 4.78 is 68.9. The van der Waals surface area contributed by atoms with Crippen molar-refractivity contribution in [2.45, 2.75) is 47.7 Å². The molecule has 4 aromatic carbocycles. The van der Waals surface area contributed by atoms with Crippen LogP contribution < -0.4 is 19.9 Å². The topological polar surface area (TPSA) is 154 Å². The highest BCUT2D eigenvalue weighted by Gasteiger charge is 2.25. The molecule has 44 heavy (non-hydrogen) atoms. The van der Waals surface area contributed by atoms with E-state index in [9.17, 15) is 16.8 Å². The summed E-state index contributed by atoms with van der Waals surface area (Å²) >= 11 is 0. The van der Waals surface area contributed by atoms with Crippen LogP contribution >= 0.6 is 0 Å². The molecule has 0 aromatic heterocycles. The Labute approximate surface area is 257 Å². The first kappa shape index (κ1) is 31.3. The lowest BCUT2D eigenvalue weighted by Gasteiger charge is -2.26. The minimum absolute atomic E-state index is 0.0608. The first-order valence-electron chi connectivity index (χ1n) is 14.1. The second kappa shape index (κ2) is 13.7. The Balaban J connectivity index is 0.000000245. The molecule has 4 aromatic rings. The van der Waals surface area contributed by atoms with Gasteiger partial charge in [0.05, 0.1) is 22.1 Å². The van der Waals surface area contributed by atoms with Gasteiger partial charge in [0.25, 0.3) is 20.1 Å².